The van der Waals surface area contributed by atoms with Crippen LogP contribution in [0.5, 0.6) is 0 Å². The highest BCUT2D eigenvalue weighted by Gasteiger charge is 2.32. The molecule has 26 heavy (non-hydrogen) atoms. The number of aromatic nitrogens is 2. The molecule has 132 valence electrons. The monoisotopic (exact) mass is 409 g/mol. The molecule has 0 aliphatic carbocycles. The Hall–Kier alpha value is -2.40. The predicted molar refractivity (Wildman–Crippen MR) is 105 cm³/mol. The van der Waals surface area contributed by atoms with Crippen molar-refractivity contribution in [2.24, 2.45) is 0 Å². The maximum atomic E-state index is 13.1. The summed E-state index contributed by atoms with van der Waals surface area (Å²) in [5, 5.41) is 4.58. The second kappa shape index (κ2) is 7.08. The van der Waals surface area contributed by atoms with Crippen LogP contribution >= 0.6 is 15.9 Å². The molecule has 4 nitrogen and oxygen atoms in total. The van der Waals surface area contributed by atoms with Gasteiger partial charge >= 0.3 is 0 Å². The first kappa shape index (κ1) is 17.0. The van der Waals surface area contributed by atoms with Crippen LogP contribution in [-0.2, 0) is 0 Å². The van der Waals surface area contributed by atoms with Crippen molar-refractivity contribution in [1.29, 1.82) is 0 Å². The molecule has 1 saturated heterocycles. The molecule has 1 unspecified atom stereocenters. The molecule has 0 spiro atoms. The standard InChI is InChI=1S/C21H20BrN3O/c1-15-14-19(23-25(15)18-6-3-2-4-7-18)21(26)24-13-5-8-20(24)16-9-11-17(22)12-10-16/h2-4,6-7,9-12,14,20H,5,8,13H2,1H3. The van der Waals surface area contributed by atoms with Crippen LogP contribution in [0, 0.1) is 6.92 Å². The van der Waals surface area contributed by atoms with Crippen molar-refractivity contribution in [1.82, 2.24) is 14.7 Å². The van der Waals surface area contributed by atoms with Crippen molar-refractivity contribution in [3.63, 3.8) is 0 Å². The van der Waals surface area contributed by atoms with Crippen LogP contribution in [0.3, 0.4) is 0 Å². The van der Waals surface area contributed by atoms with Gasteiger partial charge in [0.05, 0.1) is 11.7 Å². The molecule has 1 amide bonds. The molecule has 1 aliphatic heterocycles. The van der Waals surface area contributed by atoms with Gasteiger partial charge in [0, 0.05) is 16.7 Å². The lowest BCUT2D eigenvalue weighted by atomic mass is 10.0. The van der Waals surface area contributed by atoms with Gasteiger partial charge in [-0.15, -0.1) is 0 Å². The molecule has 4 rings (SSSR count). The van der Waals surface area contributed by atoms with Gasteiger partial charge in [0.1, 0.15) is 0 Å². The number of aryl methyl sites for hydroxylation is 1. The van der Waals surface area contributed by atoms with Crippen LogP contribution in [0.1, 0.15) is 40.6 Å². The molecule has 1 fully saturated rings. The van der Waals surface area contributed by atoms with Crippen LogP contribution in [0.25, 0.3) is 5.69 Å². The highest BCUT2D eigenvalue weighted by molar-refractivity contribution is 9.10. The van der Waals surface area contributed by atoms with E-state index in [1.165, 1.54) is 5.56 Å². The first-order chi connectivity index (χ1) is 12.6. The summed E-state index contributed by atoms with van der Waals surface area (Å²) in [6.45, 7) is 2.75. The first-order valence-corrected chi connectivity index (χ1v) is 9.61. The Morgan fingerprint density at radius 2 is 1.85 bits per heavy atom. The number of nitrogens with zero attached hydrogens (tertiary/aromatic N) is 3. The van der Waals surface area contributed by atoms with E-state index in [9.17, 15) is 4.79 Å². The second-order valence-electron chi connectivity index (χ2n) is 6.63. The zero-order chi connectivity index (χ0) is 18.1. The quantitative estimate of drug-likeness (QED) is 0.615. The van der Waals surface area contributed by atoms with Crippen LogP contribution in [0.4, 0.5) is 0 Å². The summed E-state index contributed by atoms with van der Waals surface area (Å²) in [6.07, 6.45) is 2.01. The number of carbonyl (C=O) groups excluding carboxylic acids is 1. The number of hydrogen-bond donors (Lipinski definition) is 0. The van der Waals surface area contributed by atoms with Crippen LogP contribution < -0.4 is 0 Å². The Morgan fingerprint density at radius 3 is 2.58 bits per heavy atom. The zero-order valence-corrected chi connectivity index (χ0v) is 16.2. The summed E-state index contributed by atoms with van der Waals surface area (Å²) in [7, 11) is 0. The van der Waals surface area contributed by atoms with Crippen molar-refractivity contribution in [3.8, 4) is 5.69 Å². The van der Waals surface area contributed by atoms with Crippen molar-refractivity contribution < 1.29 is 4.79 Å². The fourth-order valence-electron chi connectivity index (χ4n) is 3.60. The number of likely N-dealkylation sites (tertiary alicyclic amines) is 1. The third kappa shape index (κ3) is 3.19. The predicted octanol–water partition coefficient (Wildman–Crippen LogP) is 4.92. The summed E-state index contributed by atoms with van der Waals surface area (Å²) < 4.78 is 2.88. The topological polar surface area (TPSA) is 38.1 Å². The van der Waals surface area contributed by atoms with E-state index in [-0.39, 0.29) is 11.9 Å². The lowest BCUT2D eigenvalue weighted by molar-refractivity contribution is 0.0729. The second-order valence-corrected chi connectivity index (χ2v) is 7.54. The van der Waals surface area contributed by atoms with Gasteiger partial charge in [0.25, 0.3) is 5.91 Å². The first-order valence-electron chi connectivity index (χ1n) is 8.82. The maximum absolute atomic E-state index is 13.1. The third-order valence-electron chi connectivity index (χ3n) is 4.88. The van der Waals surface area contributed by atoms with Gasteiger partial charge in [-0.05, 0) is 55.7 Å². The van der Waals surface area contributed by atoms with Crippen LogP contribution in [0.2, 0.25) is 0 Å². The number of rotatable bonds is 3. The molecule has 0 radical (unpaired) electrons. The van der Waals surface area contributed by atoms with E-state index in [0.29, 0.717) is 5.69 Å². The number of amides is 1. The molecule has 1 aromatic heterocycles. The van der Waals surface area contributed by atoms with Gasteiger partial charge in [-0.1, -0.05) is 46.3 Å². The smallest absolute Gasteiger partial charge is 0.274 e. The summed E-state index contributed by atoms with van der Waals surface area (Å²) in [5.74, 6) is 0.00759. The number of benzene rings is 2. The SMILES string of the molecule is Cc1cc(C(=O)N2CCCC2c2ccc(Br)cc2)nn1-c1ccccc1. The lowest BCUT2D eigenvalue weighted by Crippen LogP contribution is -2.31. The highest BCUT2D eigenvalue weighted by Crippen LogP contribution is 2.33. The van der Waals surface area contributed by atoms with E-state index in [0.717, 1.165) is 35.2 Å². The van der Waals surface area contributed by atoms with Gasteiger partial charge in [-0.25, -0.2) is 4.68 Å². The largest absolute Gasteiger partial charge is 0.330 e. The average molecular weight is 410 g/mol. The molecule has 5 heteroatoms. The van der Waals surface area contributed by atoms with Crippen molar-refractivity contribution >= 4 is 21.8 Å². The van der Waals surface area contributed by atoms with Gasteiger partial charge < -0.3 is 4.90 Å². The summed E-state index contributed by atoms with van der Waals surface area (Å²) in [5.41, 5.74) is 3.61. The molecule has 0 N–H and O–H groups in total. The fourth-order valence-corrected chi connectivity index (χ4v) is 3.86. The summed E-state index contributed by atoms with van der Waals surface area (Å²) in [4.78, 5) is 15.1. The van der Waals surface area contributed by atoms with Crippen LogP contribution in [0.15, 0.2) is 65.1 Å². The Morgan fingerprint density at radius 1 is 1.12 bits per heavy atom. The molecule has 2 heterocycles. The van der Waals surface area contributed by atoms with E-state index in [4.69, 9.17) is 0 Å². The van der Waals surface area contributed by atoms with E-state index in [1.807, 2.05) is 65.0 Å². The van der Waals surface area contributed by atoms with Crippen molar-refractivity contribution in [2.75, 3.05) is 6.54 Å². The van der Waals surface area contributed by atoms with Crippen molar-refractivity contribution in [2.45, 2.75) is 25.8 Å². The van der Waals surface area contributed by atoms with E-state index < -0.39 is 0 Å². The van der Waals surface area contributed by atoms with Crippen molar-refractivity contribution in [3.05, 3.63) is 82.1 Å². The molecule has 0 bridgehead atoms. The minimum atomic E-state index is 0.00759. The minimum absolute atomic E-state index is 0.00759. The van der Waals surface area contributed by atoms with Gasteiger partial charge in [0.2, 0.25) is 0 Å². The molecule has 1 atom stereocenters. The number of carbonyl (C=O) groups is 1. The lowest BCUT2D eigenvalue weighted by Gasteiger charge is -2.24. The molecule has 1 aliphatic rings. The molecule has 0 saturated carbocycles. The summed E-state index contributed by atoms with van der Waals surface area (Å²) in [6, 6.07) is 20.2. The van der Waals surface area contributed by atoms with Crippen LogP contribution in [-0.4, -0.2) is 27.1 Å². The third-order valence-corrected chi connectivity index (χ3v) is 5.40. The molecule has 3 aromatic rings. The molecule has 2 aromatic carbocycles. The molecular formula is C21H20BrN3O. The van der Waals surface area contributed by atoms with Gasteiger partial charge in [-0.3, -0.25) is 4.79 Å². The number of hydrogen-bond acceptors (Lipinski definition) is 2. The Bertz CT molecular complexity index is 918. The highest BCUT2D eigenvalue weighted by atomic mass is 79.9. The number of halogens is 1. The fraction of sp³-hybridized carbons (Fsp3) is 0.238. The Balaban J connectivity index is 1.62. The Labute approximate surface area is 161 Å². The minimum Gasteiger partial charge on any atom is -0.330 e. The van der Waals surface area contributed by atoms with Gasteiger partial charge in [0.15, 0.2) is 5.69 Å². The number of para-hydroxylation sites is 1. The average Bonchev–Trinajstić information content (AvgIpc) is 3.29. The summed E-state index contributed by atoms with van der Waals surface area (Å²) >= 11 is 3.47. The Kier molecular flexibility index (Phi) is 4.64. The maximum Gasteiger partial charge on any atom is 0.274 e. The van der Waals surface area contributed by atoms with E-state index in [2.05, 4.69) is 33.2 Å². The molecular weight excluding hydrogens is 390 g/mol. The van der Waals surface area contributed by atoms with Gasteiger partial charge in [-0.2, -0.15) is 5.10 Å². The van der Waals surface area contributed by atoms with E-state index in [1.54, 1.807) is 0 Å². The normalized spacial score (nSPS) is 16.8. The zero-order valence-electron chi connectivity index (χ0n) is 14.6. The van der Waals surface area contributed by atoms with E-state index >= 15 is 0 Å².